The lowest BCUT2D eigenvalue weighted by Gasteiger charge is -2.10. The van der Waals surface area contributed by atoms with E-state index in [0.717, 1.165) is 12.3 Å². The van der Waals surface area contributed by atoms with Gasteiger partial charge in [0, 0.05) is 29.9 Å². The zero-order valence-corrected chi connectivity index (χ0v) is 15.8. The quantitative estimate of drug-likeness (QED) is 0.567. The van der Waals surface area contributed by atoms with Crippen LogP contribution in [0, 0.1) is 5.82 Å². The number of pyridine rings is 2. The third-order valence-corrected chi connectivity index (χ3v) is 4.79. The molecule has 1 aliphatic carbocycles. The second kappa shape index (κ2) is 7.90. The highest BCUT2D eigenvalue weighted by Gasteiger charge is 2.31. The van der Waals surface area contributed by atoms with E-state index in [1.807, 2.05) is 0 Å². The fourth-order valence-corrected chi connectivity index (χ4v) is 3.23. The van der Waals surface area contributed by atoms with Crippen LogP contribution in [0.25, 0.3) is 17.0 Å². The van der Waals surface area contributed by atoms with E-state index >= 15 is 0 Å². The molecule has 0 saturated carbocycles. The van der Waals surface area contributed by atoms with E-state index in [-0.39, 0.29) is 23.5 Å². The van der Waals surface area contributed by atoms with Crippen LogP contribution < -0.4 is 5.32 Å². The van der Waals surface area contributed by atoms with E-state index in [0.29, 0.717) is 35.0 Å². The molecule has 0 aliphatic heterocycles. The van der Waals surface area contributed by atoms with E-state index in [2.05, 4.69) is 15.3 Å². The van der Waals surface area contributed by atoms with Gasteiger partial charge in [-0.15, -0.1) is 0 Å². The number of aromatic nitrogens is 2. The third-order valence-electron chi connectivity index (χ3n) is 4.79. The van der Waals surface area contributed by atoms with Crippen molar-refractivity contribution in [3.05, 3.63) is 83.2 Å². The van der Waals surface area contributed by atoms with Gasteiger partial charge < -0.3 is 5.32 Å². The lowest BCUT2D eigenvalue weighted by atomic mass is 10.0. The summed E-state index contributed by atoms with van der Waals surface area (Å²) in [6, 6.07) is 6.50. The minimum atomic E-state index is -4.60. The Hall–Kier alpha value is -3.62. The van der Waals surface area contributed by atoms with Crippen LogP contribution in [0.1, 0.15) is 22.4 Å². The van der Waals surface area contributed by atoms with Gasteiger partial charge >= 0.3 is 6.18 Å². The summed E-state index contributed by atoms with van der Waals surface area (Å²) < 4.78 is 66.6. The van der Waals surface area contributed by atoms with Crippen LogP contribution in [0.15, 0.2) is 55.0 Å². The molecule has 1 amide bonds. The number of hydrogen-bond acceptors (Lipinski definition) is 3. The number of carbonyl (C=O) groups is 1. The first kappa shape index (κ1) is 20.6. The molecule has 1 N–H and O–H groups in total. The van der Waals surface area contributed by atoms with Crippen molar-refractivity contribution in [2.75, 3.05) is 5.32 Å². The molecular formula is C22H14F5N3O. The molecule has 0 bridgehead atoms. The van der Waals surface area contributed by atoms with Crippen LogP contribution in [-0.4, -0.2) is 15.9 Å². The molecule has 0 fully saturated rings. The first-order valence-electron chi connectivity index (χ1n) is 9.16. The van der Waals surface area contributed by atoms with Crippen LogP contribution in [0.3, 0.4) is 0 Å². The summed E-state index contributed by atoms with van der Waals surface area (Å²) in [6.07, 6.45) is 0.0789. The van der Waals surface area contributed by atoms with Gasteiger partial charge in [-0.1, -0.05) is 12.1 Å². The minimum Gasteiger partial charge on any atom is -0.324 e. The number of benzene rings is 1. The second-order valence-electron chi connectivity index (χ2n) is 6.97. The monoisotopic (exact) mass is 431 g/mol. The summed E-state index contributed by atoms with van der Waals surface area (Å²) in [7, 11) is 0. The third kappa shape index (κ3) is 4.45. The van der Waals surface area contributed by atoms with Crippen molar-refractivity contribution in [1.82, 2.24) is 9.97 Å². The molecule has 0 saturated heterocycles. The van der Waals surface area contributed by atoms with Crippen LogP contribution in [0.4, 0.5) is 27.6 Å². The Kier molecular flexibility index (Phi) is 5.26. The molecule has 0 spiro atoms. The minimum absolute atomic E-state index is 0.0568. The number of allylic oxidation sites excluding steroid dienone is 1. The van der Waals surface area contributed by atoms with E-state index < -0.39 is 23.5 Å². The largest absolute Gasteiger partial charge is 0.417 e. The summed E-state index contributed by atoms with van der Waals surface area (Å²) in [5.41, 5.74) is 0.871. The lowest BCUT2D eigenvalue weighted by Crippen LogP contribution is -2.16. The lowest BCUT2D eigenvalue weighted by molar-refractivity contribution is -0.137. The molecule has 0 radical (unpaired) electrons. The molecule has 0 atom stereocenters. The maximum absolute atomic E-state index is 14.6. The predicted molar refractivity (Wildman–Crippen MR) is 104 cm³/mol. The summed E-state index contributed by atoms with van der Waals surface area (Å²) in [4.78, 5) is 19.8. The van der Waals surface area contributed by atoms with Gasteiger partial charge in [0.15, 0.2) is 0 Å². The predicted octanol–water partition coefficient (Wildman–Crippen LogP) is 5.35. The molecule has 1 aliphatic rings. The normalized spacial score (nSPS) is 13.0. The summed E-state index contributed by atoms with van der Waals surface area (Å²) in [6.45, 7) is 0. The van der Waals surface area contributed by atoms with Crippen LogP contribution >= 0.6 is 0 Å². The van der Waals surface area contributed by atoms with Crippen molar-refractivity contribution in [3.8, 4) is 11.1 Å². The SMILES string of the molecule is O=C(Cc1ccc(-c2cnc3c(c2)C(F)=CC3)cc1F)Nc1cncc(C(F)(F)F)c1. The number of hydrogen-bond donors (Lipinski definition) is 1. The van der Waals surface area contributed by atoms with Crippen LogP contribution in [0.5, 0.6) is 0 Å². The standard InChI is InChI=1S/C22H14F5N3O/c23-18-3-4-20-17(18)5-14(9-29-20)12-1-2-13(19(24)6-12)7-21(31)30-16-8-15(10-28-11-16)22(25,26)27/h1-3,5-6,8-11H,4,7H2,(H,30,31). The number of nitrogens with zero attached hydrogens (tertiary/aromatic N) is 2. The van der Waals surface area contributed by atoms with Crippen molar-refractivity contribution in [3.63, 3.8) is 0 Å². The van der Waals surface area contributed by atoms with Crippen molar-refractivity contribution in [2.24, 2.45) is 0 Å². The zero-order valence-electron chi connectivity index (χ0n) is 15.8. The highest BCUT2D eigenvalue weighted by atomic mass is 19.4. The van der Waals surface area contributed by atoms with Crippen LogP contribution in [0.2, 0.25) is 0 Å². The van der Waals surface area contributed by atoms with Gasteiger partial charge in [-0.2, -0.15) is 13.2 Å². The number of nitrogens with one attached hydrogen (secondary N) is 1. The Bertz CT molecular complexity index is 1200. The summed E-state index contributed by atoms with van der Waals surface area (Å²) in [5, 5.41) is 2.28. The van der Waals surface area contributed by atoms with E-state index in [1.54, 1.807) is 12.1 Å². The molecule has 4 rings (SSSR count). The Morgan fingerprint density at radius 1 is 1.03 bits per heavy atom. The number of fused-ring (bicyclic) bond motifs is 1. The van der Waals surface area contributed by atoms with E-state index in [4.69, 9.17) is 0 Å². The maximum atomic E-state index is 14.6. The first-order valence-corrected chi connectivity index (χ1v) is 9.16. The number of anilines is 1. The number of halogens is 5. The Balaban J connectivity index is 1.49. The average Bonchev–Trinajstić information content (AvgIpc) is 3.09. The van der Waals surface area contributed by atoms with Gasteiger partial charge in [0.05, 0.1) is 29.6 Å². The molecule has 2 aromatic heterocycles. The number of rotatable bonds is 4. The second-order valence-corrected chi connectivity index (χ2v) is 6.97. The highest BCUT2D eigenvalue weighted by Crippen LogP contribution is 2.32. The van der Waals surface area contributed by atoms with Crippen molar-refractivity contribution < 1.29 is 26.7 Å². The Morgan fingerprint density at radius 3 is 2.58 bits per heavy atom. The van der Waals surface area contributed by atoms with Gasteiger partial charge in [0.2, 0.25) is 5.91 Å². The molecule has 0 unspecified atom stereocenters. The van der Waals surface area contributed by atoms with Crippen molar-refractivity contribution >= 4 is 17.4 Å². The van der Waals surface area contributed by atoms with Gasteiger partial charge in [0.1, 0.15) is 11.6 Å². The first-order chi connectivity index (χ1) is 14.7. The molecule has 1 aromatic carbocycles. The van der Waals surface area contributed by atoms with Crippen molar-refractivity contribution in [2.45, 2.75) is 19.0 Å². The van der Waals surface area contributed by atoms with E-state index in [1.165, 1.54) is 24.4 Å². The number of carbonyl (C=O) groups excluding carboxylic acids is 1. The molecule has 31 heavy (non-hydrogen) atoms. The van der Waals surface area contributed by atoms with Gasteiger partial charge in [0.25, 0.3) is 0 Å². The Labute approximate surface area is 173 Å². The summed E-state index contributed by atoms with van der Waals surface area (Å²) >= 11 is 0. The highest BCUT2D eigenvalue weighted by molar-refractivity contribution is 5.92. The smallest absolute Gasteiger partial charge is 0.324 e. The number of amides is 1. The molecule has 9 heteroatoms. The number of alkyl halides is 3. The molecule has 3 aromatic rings. The summed E-state index contributed by atoms with van der Waals surface area (Å²) in [5.74, 6) is -1.74. The Morgan fingerprint density at radius 2 is 1.84 bits per heavy atom. The maximum Gasteiger partial charge on any atom is 0.417 e. The average molecular weight is 431 g/mol. The molecule has 4 nitrogen and oxygen atoms in total. The van der Waals surface area contributed by atoms with Crippen LogP contribution in [-0.2, 0) is 23.8 Å². The van der Waals surface area contributed by atoms with E-state index in [9.17, 15) is 26.7 Å². The fourth-order valence-electron chi connectivity index (χ4n) is 3.23. The van der Waals surface area contributed by atoms with Crippen molar-refractivity contribution in [1.29, 1.82) is 0 Å². The zero-order chi connectivity index (χ0) is 22.2. The van der Waals surface area contributed by atoms with Gasteiger partial charge in [-0.3, -0.25) is 14.8 Å². The topological polar surface area (TPSA) is 54.9 Å². The van der Waals surface area contributed by atoms with Gasteiger partial charge in [-0.25, -0.2) is 8.78 Å². The molecule has 158 valence electrons. The fraction of sp³-hybridized carbons (Fsp3) is 0.136. The molecule has 2 heterocycles. The van der Waals surface area contributed by atoms with Gasteiger partial charge in [-0.05, 0) is 35.4 Å². The molecular weight excluding hydrogens is 417 g/mol.